The van der Waals surface area contributed by atoms with Gasteiger partial charge < -0.3 is 20.9 Å². The minimum absolute atomic E-state index is 0.0501. The summed E-state index contributed by atoms with van der Waals surface area (Å²) >= 11 is 0. The first-order valence-corrected chi connectivity index (χ1v) is 8.13. The van der Waals surface area contributed by atoms with Crippen LogP contribution in [0.3, 0.4) is 0 Å². The molecule has 1 unspecified atom stereocenters. The quantitative estimate of drug-likeness (QED) is 0.613. The molecular formula is C12H17N5O3S. The molecule has 1 aromatic carbocycles. The summed E-state index contributed by atoms with van der Waals surface area (Å²) in [5, 5.41) is 7.97. The third kappa shape index (κ3) is 2.38. The second kappa shape index (κ2) is 4.78. The van der Waals surface area contributed by atoms with E-state index in [-0.39, 0.29) is 22.7 Å². The molecule has 0 aromatic heterocycles. The van der Waals surface area contributed by atoms with Crippen molar-refractivity contribution in [3.8, 4) is 0 Å². The van der Waals surface area contributed by atoms with Crippen molar-refractivity contribution in [2.24, 2.45) is 5.14 Å². The SMILES string of the molecule is Nc1c(N2CCN3C(=O)NCC3C2)cccc1S(N)(=O)=O. The van der Waals surface area contributed by atoms with E-state index in [9.17, 15) is 13.2 Å². The number of nitrogen functional groups attached to an aromatic ring is 1. The number of nitrogens with zero attached hydrogens (tertiary/aromatic N) is 2. The van der Waals surface area contributed by atoms with Crippen molar-refractivity contribution in [2.75, 3.05) is 36.8 Å². The first-order valence-electron chi connectivity index (χ1n) is 6.58. The van der Waals surface area contributed by atoms with E-state index in [1.807, 2.05) is 4.90 Å². The van der Waals surface area contributed by atoms with Crippen LogP contribution in [0, 0.1) is 0 Å². The molecule has 0 spiro atoms. The van der Waals surface area contributed by atoms with Gasteiger partial charge in [-0.2, -0.15) is 0 Å². The Balaban J connectivity index is 1.90. The lowest BCUT2D eigenvalue weighted by molar-refractivity contribution is 0.198. The van der Waals surface area contributed by atoms with Gasteiger partial charge in [-0.05, 0) is 12.1 Å². The summed E-state index contributed by atoms with van der Waals surface area (Å²) in [5.74, 6) is 0. The number of para-hydroxylation sites is 1. The highest BCUT2D eigenvalue weighted by Gasteiger charge is 2.36. The Kier molecular flexibility index (Phi) is 3.18. The molecule has 0 saturated carbocycles. The van der Waals surface area contributed by atoms with Gasteiger partial charge in [-0.3, -0.25) is 0 Å². The second-order valence-electron chi connectivity index (χ2n) is 5.21. The Hall–Kier alpha value is -2.00. The van der Waals surface area contributed by atoms with E-state index < -0.39 is 10.0 Å². The van der Waals surface area contributed by atoms with Crippen molar-refractivity contribution in [1.82, 2.24) is 10.2 Å². The van der Waals surface area contributed by atoms with Crippen LogP contribution in [-0.4, -0.2) is 51.6 Å². The molecule has 21 heavy (non-hydrogen) atoms. The van der Waals surface area contributed by atoms with Crippen molar-refractivity contribution in [2.45, 2.75) is 10.9 Å². The Bertz CT molecular complexity index is 690. The molecular weight excluding hydrogens is 294 g/mol. The molecule has 0 aliphatic carbocycles. The number of nitrogens with two attached hydrogens (primary N) is 2. The van der Waals surface area contributed by atoms with Gasteiger partial charge in [0, 0.05) is 26.2 Å². The lowest BCUT2D eigenvalue weighted by Gasteiger charge is -2.38. The molecule has 2 fully saturated rings. The maximum atomic E-state index is 11.6. The molecule has 2 aliphatic rings. The number of amides is 2. The Morgan fingerprint density at radius 3 is 2.76 bits per heavy atom. The maximum Gasteiger partial charge on any atom is 0.317 e. The van der Waals surface area contributed by atoms with E-state index in [0.29, 0.717) is 31.9 Å². The standard InChI is InChI=1S/C12H17N5O3S/c13-11-9(2-1-3-10(11)21(14,19)20)16-4-5-17-8(7-16)6-15-12(17)18/h1-3,8H,4-7,13H2,(H,15,18)(H2,14,19,20). The van der Waals surface area contributed by atoms with Crippen LogP contribution in [0.4, 0.5) is 16.2 Å². The van der Waals surface area contributed by atoms with Crippen molar-refractivity contribution in [1.29, 1.82) is 0 Å². The molecule has 2 amide bonds. The molecule has 1 aromatic rings. The van der Waals surface area contributed by atoms with Gasteiger partial charge in [0.25, 0.3) is 0 Å². The van der Waals surface area contributed by atoms with Crippen LogP contribution in [0.1, 0.15) is 0 Å². The number of primary sulfonamides is 1. The average molecular weight is 311 g/mol. The number of sulfonamides is 1. The van der Waals surface area contributed by atoms with E-state index in [1.54, 1.807) is 17.0 Å². The van der Waals surface area contributed by atoms with E-state index in [0.717, 1.165) is 0 Å². The maximum absolute atomic E-state index is 11.6. The summed E-state index contributed by atoms with van der Waals surface area (Å²) in [6, 6.07) is 4.81. The van der Waals surface area contributed by atoms with E-state index >= 15 is 0 Å². The average Bonchev–Trinajstić information content (AvgIpc) is 2.79. The number of hydrogen-bond donors (Lipinski definition) is 3. The van der Waals surface area contributed by atoms with E-state index in [2.05, 4.69) is 5.32 Å². The summed E-state index contributed by atoms with van der Waals surface area (Å²) in [6.07, 6.45) is 0. The van der Waals surface area contributed by atoms with Crippen molar-refractivity contribution < 1.29 is 13.2 Å². The van der Waals surface area contributed by atoms with Crippen LogP contribution in [0.15, 0.2) is 23.1 Å². The number of piperazine rings is 1. The van der Waals surface area contributed by atoms with Gasteiger partial charge in [-0.15, -0.1) is 0 Å². The highest BCUT2D eigenvalue weighted by molar-refractivity contribution is 7.89. The monoisotopic (exact) mass is 311 g/mol. The Morgan fingerprint density at radius 2 is 2.05 bits per heavy atom. The summed E-state index contributed by atoms with van der Waals surface area (Å²) in [4.78, 5) is 15.3. The highest BCUT2D eigenvalue weighted by Crippen LogP contribution is 2.31. The van der Waals surface area contributed by atoms with Crippen LogP contribution in [0.25, 0.3) is 0 Å². The largest absolute Gasteiger partial charge is 0.396 e. The summed E-state index contributed by atoms with van der Waals surface area (Å²) in [7, 11) is -3.85. The van der Waals surface area contributed by atoms with E-state index in [4.69, 9.17) is 10.9 Å². The van der Waals surface area contributed by atoms with Gasteiger partial charge >= 0.3 is 6.03 Å². The van der Waals surface area contributed by atoms with Crippen molar-refractivity contribution >= 4 is 27.4 Å². The predicted molar refractivity (Wildman–Crippen MR) is 78.3 cm³/mol. The molecule has 9 heteroatoms. The zero-order valence-corrected chi connectivity index (χ0v) is 12.1. The van der Waals surface area contributed by atoms with Gasteiger partial charge in [0.1, 0.15) is 4.90 Å². The zero-order chi connectivity index (χ0) is 15.2. The van der Waals surface area contributed by atoms with E-state index in [1.165, 1.54) is 6.07 Å². The molecule has 8 nitrogen and oxygen atoms in total. The van der Waals surface area contributed by atoms with Crippen LogP contribution in [0.5, 0.6) is 0 Å². The lowest BCUT2D eigenvalue weighted by atomic mass is 10.1. The Morgan fingerprint density at radius 1 is 1.29 bits per heavy atom. The van der Waals surface area contributed by atoms with Gasteiger partial charge in [-0.1, -0.05) is 6.07 Å². The molecule has 114 valence electrons. The van der Waals surface area contributed by atoms with Gasteiger partial charge in [0.2, 0.25) is 10.0 Å². The number of urea groups is 1. The molecule has 2 aliphatic heterocycles. The third-order valence-corrected chi connectivity index (χ3v) is 4.89. The number of carbonyl (C=O) groups is 1. The van der Waals surface area contributed by atoms with Gasteiger partial charge in [0.05, 0.1) is 17.4 Å². The number of benzene rings is 1. The number of nitrogens with one attached hydrogen (secondary N) is 1. The molecule has 0 radical (unpaired) electrons. The zero-order valence-electron chi connectivity index (χ0n) is 11.3. The van der Waals surface area contributed by atoms with Crippen LogP contribution < -0.4 is 21.1 Å². The topological polar surface area (TPSA) is 122 Å². The fourth-order valence-electron chi connectivity index (χ4n) is 2.88. The normalized spacial score (nSPS) is 22.1. The highest BCUT2D eigenvalue weighted by atomic mass is 32.2. The molecule has 2 saturated heterocycles. The number of rotatable bonds is 2. The first-order chi connectivity index (χ1) is 9.88. The smallest absolute Gasteiger partial charge is 0.317 e. The molecule has 5 N–H and O–H groups in total. The molecule has 2 heterocycles. The number of hydrogen-bond acceptors (Lipinski definition) is 5. The number of anilines is 2. The second-order valence-corrected chi connectivity index (χ2v) is 6.74. The fourth-order valence-corrected chi connectivity index (χ4v) is 3.56. The van der Waals surface area contributed by atoms with Crippen molar-refractivity contribution in [3.63, 3.8) is 0 Å². The first kappa shape index (κ1) is 14.0. The molecule has 0 bridgehead atoms. The van der Waals surface area contributed by atoms with Crippen LogP contribution in [0.2, 0.25) is 0 Å². The number of carbonyl (C=O) groups excluding carboxylic acids is 1. The predicted octanol–water partition coefficient (Wildman–Crippen LogP) is -0.870. The Labute approximate surface area is 122 Å². The molecule has 1 atom stereocenters. The van der Waals surface area contributed by atoms with Gasteiger partial charge in [-0.25, -0.2) is 18.4 Å². The van der Waals surface area contributed by atoms with Crippen LogP contribution >= 0.6 is 0 Å². The van der Waals surface area contributed by atoms with Crippen LogP contribution in [-0.2, 0) is 10.0 Å². The summed E-state index contributed by atoms with van der Waals surface area (Å²) < 4.78 is 23.1. The molecule has 3 rings (SSSR count). The lowest BCUT2D eigenvalue weighted by Crippen LogP contribution is -2.52. The van der Waals surface area contributed by atoms with Gasteiger partial charge in [0.15, 0.2) is 0 Å². The number of fused-ring (bicyclic) bond motifs is 1. The fraction of sp³-hybridized carbons (Fsp3) is 0.417. The minimum atomic E-state index is -3.85. The minimum Gasteiger partial charge on any atom is -0.396 e. The summed E-state index contributed by atoms with van der Waals surface area (Å²) in [6.45, 7) is 2.37. The van der Waals surface area contributed by atoms with Crippen molar-refractivity contribution in [3.05, 3.63) is 18.2 Å². The summed E-state index contributed by atoms with van der Waals surface area (Å²) in [5.41, 5.74) is 6.77. The third-order valence-electron chi connectivity index (χ3n) is 3.92.